The van der Waals surface area contributed by atoms with Gasteiger partial charge in [0.05, 0.1) is 22.4 Å². The molecule has 3 aromatic heterocycles. The number of benzene rings is 5. The van der Waals surface area contributed by atoms with Crippen LogP contribution in [0, 0.1) is 0 Å². The van der Waals surface area contributed by atoms with Crippen molar-refractivity contribution in [3.8, 4) is 45.0 Å². The molecule has 0 aliphatic heterocycles. The summed E-state index contributed by atoms with van der Waals surface area (Å²) in [4.78, 5) is 19.1. The molecular formula is C38H24N4. The van der Waals surface area contributed by atoms with Crippen LogP contribution in [0.4, 0.5) is 0 Å². The number of fused-ring (bicyclic) bond motifs is 4. The Hall–Kier alpha value is -5.74. The standard InChI is InChI=1S/C38H24N4/c1-2-7-26(8-3-1)34-21-17-28-15-16-29-18-22-35(42-37(29)36(28)41-34)27-13-11-25(12-14-27)30-19-20-33(38-39-23-6-24-40-38)32-10-5-4-9-31(30)32/h1-24H. The number of aromatic nitrogens is 4. The third kappa shape index (κ3) is 4.18. The fourth-order valence-electron chi connectivity index (χ4n) is 5.70. The highest BCUT2D eigenvalue weighted by Crippen LogP contribution is 2.35. The van der Waals surface area contributed by atoms with Gasteiger partial charge in [-0.05, 0) is 46.2 Å². The molecule has 4 heteroatoms. The Morgan fingerprint density at radius 1 is 0.357 bits per heavy atom. The summed E-state index contributed by atoms with van der Waals surface area (Å²) in [6.45, 7) is 0. The molecule has 4 nitrogen and oxygen atoms in total. The number of pyridine rings is 2. The fourth-order valence-corrected chi connectivity index (χ4v) is 5.70. The largest absolute Gasteiger partial charge is 0.245 e. The Morgan fingerprint density at radius 3 is 1.50 bits per heavy atom. The lowest BCUT2D eigenvalue weighted by atomic mass is 9.94. The second-order valence-electron chi connectivity index (χ2n) is 10.3. The summed E-state index contributed by atoms with van der Waals surface area (Å²) >= 11 is 0. The molecule has 8 aromatic rings. The molecule has 0 unspecified atom stereocenters. The Balaban J connectivity index is 1.20. The third-order valence-corrected chi connectivity index (χ3v) is 7.81. The van der Waals surface area contributed by atoms with E-state index in [-0.39, 0.29) is 0 Å². The highest BCUT2D eigenvalue weighted by atomic mass is 14.9. The van der Waals surface area contributed by atoms with E-state index in [1.165, 1.54) is 10.9 Å². The van der Waals surface area contributed by atoms with Gasteiger partial charge in [0.2, 0.25) is 0 Å². The van der Waals surface area contributed by atoms with E-state index in [1.54, 1.807) is 12.4 Å². The highest BCUT2D eigenvalue weighted by Gasteiger charge is 2.12. The van der Waals surface area contributed by atoms with E-state index in [0.717, 1.165) is 66.7 Å². The van der Waals surface area contributed by atoms with E-state index >= 15 is 0 Å². The summed E-state index contributed by atoms with van der Waals surface area (Å²) in [7, 11) is 0. The molecule has 0 atom stereocenters. The zero-order chi connectivity index (χ0) is 27.9. The van der Waals surface area contributed by atoms with Crippen LogP contribution in [0.3, 0.4) is 0 Å². The Morgan fingerprint density at radius 2 is 0.857 bits per heavy atom. The van der Waals surface area contributed by atoms with Gasteiger partial charge < -0.3 is 0 Å². The van der Waals surface area contributed by atoms with Gasteiger partial charge in [-0.15, -0.1) is 0 Å². The van der Waals surface area contributed by atoms with Gasteiger partial charge in [-0.25, -0.2) is 19.9 Å². The smallest absolute Gasteiger partial charge is 0.159 e. The molecule has 196 valence electrons. The second-order valence-corrected chi connectivity index (χ2v) is 10.3. The van der Waals surface area contributed by atoms with E-state index in [0.29, 0.717) is 0 Å². The molecule has 3 heterocycles. The first-order chi connectivity index (χ1) is 20.8. The molecule has 0 fully saturated rings. The van der Waals surface area contributed by atoms with Gasteiger partial charge in [0.25, 0.3) is 0 Å². The molecule has 5 aromatic carbocycles. The summed E-state index contributed by atoms with van der Waals surface area (Å²) in [6.07, 6.45) is 3.57. The van der Waals surface area contributed by atoms with Crippen molar-refractivity contribution in [2.45, 2.75) is 0 Å². The summed E-state index contributed by atoms with van der Waals surface area (Å²) in [5.74, 6) is 0.732. The molecule has 0 radical (unpaired) electrons. The molecule has 0 saturated heterocycles. The normalized spacial score (nSPS) is 11.3. The minimum atomic E-state index is 0.732. The SMILES string of the molecule is c1ccc(-c2ccc3ccc4ccc(-c5ccc(-c6ccc(-c7ncccn7)c7ccccc67)cc5)nc4c3n2)cc1. The zero-order valence-corrected chi connectivity index (χ0v) is 22.6. The monoisotopic (exact) mass is 536 g/mol. The van der Waals surface area contributed by atoms with Crippen molar-refractivity contribution in [2.24, 2.45) is 0 Å². The molecule has 0 aliphatic rings. The van der Waals surface area contributed by atoms with Crippen molar-refractivity contribution in [3.05, 3.63) is 146 Å². The quantitative estimate of drug-likeness (QED) is 0.210. The topological polar surface area (TPSA) is 51.6 Å². The van der Waals surface area contributed by atoms with Crippen LogP contribution >= 0.6 is 0 Å². The first-order valence-corrected chi connectivity index (χ1v) is 14.0. The molecule has 8 rings (SSSR count). The van der Waals surface area contributed by atoms with Gasteiger partial charge in [0.1, 0.15) is 0 Å². The van der Waals surface area contributed by atoms with Crippen LogP contribution in [-0.4, -0.2) is 19.9 Å². The molecule has 0 aliphatic carbocycles. The van der Waals surface area contributed by atoms with Crippen molar-refractivity contribution < 1.29 is 0 Å². The van der Waals surface area contributed by atoms with E-state index in [9.17, 15) is 0 Å². The van der Waals surface area contributed by atoms with Crippen molar-refractivity contribution in [1.29, 1.82) is 0 Å². The van der Waals surface area contributed by atoms with Gasteiger partial charge in [-0.2, -0.15) is 0 Å². The zero-order valence-electron chi connectivity index (χ0n) is 22.6. The summed E-state index contributed by atoms with van der Waals surface area (Å²) < 4.78 is 0. The van der Waals surface area contributed by atoms with E-state index in [2.05, 4.69) is 119 Å². The van der Waals surface area contributed by atoms with E-state index in [1.807, 2.05) is 24.3 Å². The van der Waals surface area contributed by atoms with Gasteiger partial charge in [0.15, 0.2) is 5.82 Å². The molecule has 0 bridgehead atoms. The van der Waals surface area contributed by atoms with Crippen LogP contribution in [0.25, 0.3) is 77.6 Å². The molecule has 0 amide bonds. The van der Waals surface area contributed by atoms with Gasteiger partial charge in [-0.3, -0.25) is 0 Å². The predicted octanol–water partition coefficient (Wildman–Crippen LogP) is 9.39. The van der Waals surface area contributed by atoms with Crippen LogP contribution in [0.2, 0.25) is 0 Å². The number of hydrogen-bond donors (Lipinski definition) is 0. The lowest BCUT2D eigenvalue weighted by Gasteiger charge is -2.12. The first-order valence-electron chi connectivity index (χ1n) is 14.0. The Labute approximate surface area is 243 Å². The molecule has 0 spiro atoms. The van der Waals surface area contributed by atoms with Gasteiger partial charge in [-0.1, -0.05) is 109 Å². The maximum Gasteiger partial charge on any atom is 0.159 e. The molecule has 0 N–H and O–H groups in total. The number of hydrogen-bond acceptors (Lipinski definition) is 4. The highest BCUT2D eigenvalue weighted by molar-refractivity contribution is 6.05. The average Bonchev–Trinajstić information content (AvgIpc) is 3.08. The van der Waals surface area contributed by atoms with E-state index < -0.39 is 0 Å². The maximum atomic E-state index is 5.13. The first kappa shape index (κ1) is 24.1. The second kappa shape index (κ2) is 10.0. The van der Waals surface area contributed by atoms with Gasteiger partial charge >= 0.3 is 0 Å². The van der Waals surface area contributed by atoms with Crippen molar-refractivity contribution >= 4 is 32.6 Å². The summed E-state index contributed by atoms with van der Waals surface area (Å²) in [6, 6.07) is 46.2. The molecule has 42 heavy (non-hydrogen) atoms. The Bertz CT molecular complexity index is 2230. The lowest BCUT2D eigenvalue weighted by Crippen LogP contribution is -1.91. The van der Waals surface area contributed by atoms with Crippen LogP contribution in [0.15, 0.2) is 146 Å². The van der Waals surface area contributed by atoms with Crippen LogP contribution < -0.4 is 0 Å². The van der Waals surface area contributed by atoms with Crippen LogP contribution in [-0.2, 0) is 0 Å². The number of nitrogens with zero attached hydrogens (tertiary/aromatic N) is 4. The average molecular weight is 537 g/mol. The number of rotatable bonds is 4. The van der Waals surface area contributed by atoms with Crippen LogP contribution in [0.5, 0.6) is 0 Å². The van der Waals surface area contributed by atoms with Crippen molar-refractivity contribution in [1.82, 2.24) is 19.9 Å². The van der Waals surface area contributed by atoms with Crippen molar-refractivity contribution in [2.75, 3.05) is 0 Å². The molecular weight excluding hydrogens is 512 g/mol. The summed E-state index contributed by atoms with van der Waals surface area (Å²) in [5, 5.41) is 4.47. The molecule has 0 saturated carbocycles. The summed E-state index contributed by atoms with van der Waals surface area (Å²) in [5.41, 5.74) is 9.22. The lowest BCUT2D eigenvalue weighted by molar-refractivity contribution is 1.18. The van der Waals surface area contributed by atoms with Crippen LogP contribution in [0.1, 0.15) is 0 Å². The Kier molecular flexibility index (Phi) is 5.75. The third-order valence-electron chi connectivity index (χ3n) is 7.81. The minimum absolute atomic E-state index is 0.732. The fraction of sp³-hybridized carbons (Fsp3) is 0. The van der Waals surface area contributed by atoms with E-state index in [4.69, 9.17) is 9.97 Å². The maximum absolute atomic E-state index is 5.13. The van der Waals surface area contributed by atoms with Gasteiger partial charge in [0, 0.05) is 39.9 Å². The predicted molar refractivity (Wildman–Crippen MR) is 172 cm³/mol. The van der Waals surface area contributed by atoms with Crippen molar-refractivity contribution in [3.63, 3.8) is 0 Å². The minimum Gasteiger partial charge on any atom is -0.245 e.